The number of anilines is 2. The number of likely N-dealkylation sites (tertiary alicyclic amines) is 1. The molecule has 0 amide bonds. The van der Waals surface area contributed by atoms with Crippen molar-refractivity contribution >= 4 is 23.1 Å². The summed E-state index contributed by atoms with van der Waals surface area (Å²) >= 11 is 6.22. The number of nitrogens with zero attached hydrogens (tertiary/aromatic N) is 4. The van der Waals surface area contributed by atoms with Gasteiger partial charge in [0.2, 0.25) is 5.82 Å². The molecule has 176 valence electrons. The van der Waals surface area contributed by atoms with Gasteiger partial charge in [-0.2, -0.15) is 14.6 Å². The first kappa shape index (κ1) is 23.7. The van der Waals surface area contributed by atoms with Crippen LogP contribution in [0.15, 0.2) is 24.5 Å². The predicted octanol–water partition coefficient (Wildman–Crippen LogP) is 4.65. The van der Waals surface area contributed by atoms with Crippen molar-refractivity contribution in [1.29, 1.82) is 5.26 Å². The lowest BCUT2D eigenvalue weighted by atomic mass is 9.73. The number of hydrogen-bond acceptors (Lipinski definition) is 7. The molecule has 2 fully saturated rings. The Hall–Kier alpha value is -2.47. The van der Waals surface area contributed by atoms with Gasteiger partial charge < -0.3 is 19.7 Å². The molecule has 2 saturated heterocycles. The maximum atomic E-state index is 15.4. The average molecular weight is 474 g/mol. The molecule has 4 rings (SSSR count). The summed E-state index contributed by atoms with van der Waals surface area (Å²) in [4.78, 5) is 10.6. The SMILES string of the molecule is CC(C)(C)CN1CC2COCC(C1)C2(C)Oc1ncnc(Nc2ccc(C#N)cc2Cl)c1F. The first-order chi connectivity index (χ1) is 15.6. The van der Waals surface area contributed by atoms with Crippen LogP contribution in [-0.2, 0) is 4.74 Å². The van der Waals surface area contributed by atoms with Gasteiger partial charge in [0.1, 0.15) is 11.9 Å². The highest BCUT2D eigenvalue weighted by molar-refractivity contribution is 6.33. The van der Waals surface area contributed by atoms with Crippen molar-refractivity contribution in [2.24, 2.45) is 17.3 Å². The van der Waals surface area contributed by atoms with E-state index < -0.39 is 11.4 Å². The van der Waals surface area contributed by atoms with Crippen LogP contribution in [0.25, 0.3) is 0 Å². The summed E-state index contributed by atoms with van der Waals surface area (Å²) in [6.45, 7) is 12.5. The van der Waals surface area contributed by atoms with E-state index in [0.717, 1.165) is 19.6 Å². The van der Waals surface area contributed by atoms with Crippen LogP contribution in [0.2, 0.25) is 5.02 Å². The van der Waals surface area contributed by atoms with Gasteiger partial charge in [-0.15, -0.1) is 0 Å². The van der Waals surface area contributed by atoms with E-state index in [1.54, 1.807) is 12.1 Å². The average Bonchev–Trinajstić information content (AvgIpc) is 2.72. The van der Waals surface area contributed by atoms with Gasteiger partial charge >= 0.3 is 0 Å². The van der Waals surface area contributed by atoms with Crippen LogP contribution >= 0.6 is 11.6 Å². The first-order valence-electron chi connectivity index (χ1n) is 11.1. The van der Waals surface area contributed by atoms with E-state index in [1.807, 2.05) is 13.0 Å². The highest BCUT2D eigenvalue weighted by Crippen LogP contribution is 2.41. The van der Waals surface area contributed by atoms with Crippen LogP contribution in [0, 0.1) is 34.4 Å². The third-order valence-corrected chi connectivity index (χ3v) is 6.65. The number of ether oxygens (including phenoxy) is 2. The van der Waals surface area contributed by atoms with Gasteiger partial charge in [0.15, 0.2) is 5.82 Å². The van der Waals surface area contributed by atoms with Gasteiger partial charge in [0, 0.05) is 31.5 Å². The van der Waals surface area contributed by atoms with Crippen molar-refractivity contribution in [3.05, 3.63) is 40.9 Å². The molecule has 9 heteroatoms. The molecular weight excluding hydrogens is 445 g/mol. The quantitative estimate of drug-likeness (QED) is 0.676. The molecule has 33 heavy (non-hydrogen) atoms. The van der Waals surface area contributed by atoms with E-state index in [4.69, 9.17) is 26.3 Å². The number of aromatic nitrogens is 2. The molecule has 2 bridgehead atoms. The first-order valence-corrected chi connectivity index (χ1v) is 11.4. The van der Waals surface area contributed by atoms with E-state index in [0.29, 0.717) is 29.5 Å². The number of fused-ring (bicyclic) bond motifs is 2. The molecule has 1 N–H and O–H groups in total. The second kappa shape index (κ2) is 9.05. The summed E-state index contributed by atoms with van der Waals surface area (Å²) in [7, 11) is 0. The van der Waals surface area contributed by atoms with Crippen LogP contribution in [-0.4, -0.2) is 53.3 Å². The van der Waals surface area contributed by atoms with Crippen molar-refractivity contribution in [1.82, 2.24) is 14.9 Å². The molecular formula is C24H29ClFN5O2. The van der Waals surface area contributed by atoms with E-state index in [1.165, 1.54) is 12.4 Å². The lowest BCUT2D eigenvalue weighted by Gasteiger charge is -2.53. The van der Waals surface area contributed by atoms with Gasteiger partial charge in [-0.3, -0.25) is 0 Å². The Morgan fingerprint density at radius 1 is 1.30 bits per heavy atom. The fraction of sp³-hybridized carbons (Fsp3) is 0.542. The maximum Gasteiger partial charge on any atom is 0.256 e. The number of rotatable bonds is 5. The van der Waals surface area contributed by atoms with Gasteiger partial charge in [0.05, 0.1) is 35.6 Å². The molecule has 0 aliphatic carbocycles. The van der Waals surface area contributed by atoms with Crippen LogP contribution in [0.4, 0.5) is 15.9 Å². The summed E-state index contributed by atoms with van der Waals surface area (Å²) in [5, 5.41) is 12.2. The molecule has 2 aliphatic rings. The normalized spacial score (nSPS) is 25.4. The monoisotopic (exact) mass is 473 g/mol. The lowest BCUT2D eigenvalue weighted by Crippen LogP contribution is -2.65. The van der Waals surface area contributed by atoms with Gasteiger partial charge in [-0.05, 0) is 30.5 Å². The summed E-state index contributed by atoms with van der Waals surface area (Å²) < 4.78 is 27.5. The zero-order chi connectivity index (χ0) is 23.8. The maximum absolute atomic E-state index is 15.4. The second-order valence-electron chi connectivity index (χ2n) is 10.2. The summed E-state index contributed by atoms with van der Waals surface area (Å²) in [5.41, 5.74) is 0.435. The number of benzene rings is 1. The smallest absolute Gasteiger partial charge is 0.256 e. The van der Waals surface area contributed by atoms with Crippen molar-refractivity contribution in [2.75, 3.05) is 38.2 Å². The number of nitrogens with one attached hydrogen (secondary N) is 1. The standard InChI is InChI=1S/C24H29ClFN5O2/c1-23(2,3)13-31-9-16-11-32-12-17(10-31)24(16,4)33-22-20(26)21(28-14-29-22)30-19-6-5-15(8-27)7-18(19)25/h5-7,14,16-17H,9-13H2,1-4H3,(H,28,29,30). The Bertz CT molecular complexity index is 1050. The molecule has 0 radical (unpaired) electrons. The van der Waals surface area contributed by atoms with Crippen LogP contribution in [0.3, 0.4) is 0 Å². The predicted molar refractivity (Wildman–Crippen MR) is 124 cm³/mol. The number of nitriles is 1. The molecule has 2 aliphatic heterocycles. The Morgan fingerprint density at radius 2 is 2.00 bits per heavy atom. The molecule has 3 heterocycles. The Morgan fingerprint density at radius 3 is 2.61 bits per heavy atom. The van der Waals surface area contributed by atoms with E-state index in [-0.39, 0.29) is 28.9 Å². The van der Waals surface area contributed by atoms with Crippen molar-refractivity contribution < 1.29 is 13.9 Å². The Labute approximate surface area is 198 Å². The molecule has 0 spiro atoms. The minimum Gasteiger partial charge on any atom is -0.468 e. The summed E-state index contributed by atoms with van der Waals surface area (Å²) in [6, 6.07) is 6.73. The molecule has 2 atom stereocenters. The molecule has 7 nitrogen and oxygen atoms in total. The van der Waals surface area contributed by atoms with E-state index in [2.05, 4.69) is 41.0 Å². The topological polar surface area (TPSA) is 83.3 Å². The molecule has 1 aromatic heterocycles. The van der Waals surface area contributed by atoms with Gasteiger partial charge in [-0.25, -0.2) is 4.98 Å². The number of piperidine rings is 1. The zero-order valence-electron chi connectivity index (χ0n) is 19.4. The molecule has 2 unspecified atom stereocenters. The van der Waals surface area contributed by atoms with Crippen molar-refractivity contribution in [2.45, 2.75) is 33.3 Å². The number of halogens is 2. The minimum absolute atomic E-state index is 0.0400. The molecule has 0 saturated carbocycles. The van der Waals surface area contributed by atoms with Gasteiger partial charge in [-0.1, -0.05) is 32.4 Å². The zero-order valence-corrected chi connectivity index (χ0v) is 20.1. The minimum atomic E-state index is -0.685. The van der Waals surface area contributed by atoms with Gasteiger partial charge in [0.25, 0.3) is 5.88 Å². The second-order valence-corrected chi connectivity index (χ2v) is 10.7. The fourth-order valence-corrected chi connectivity index (χ4v) is 4.91. The third-order valence-electron chi connectivity index (χ3n) is 6.34. The summed E-state index contributed by atoms with van der Waals surface area (Å²) in [5.74, 6) is -0.643. The van der Waals surface area contributed by atoms with Crippen LogP contribution in [0.1, 0.15) is 33.3 Å². The van der Waals surface area contributed by atoms with E-state index >= 15 is 4.39 Å². The summed E-state index contributed by atoms with van der Waals surface area (Å²) in [6.07, 6.45) is 1.27. The lowest BCUT2D eigenvalue weighted by molar-refractivity contribution is -0.173. The van der Waals surface area contributed by atoms with E-state index in [9.17, 15) is 0 Å². The molecule has 1 aromatic carbocycles. The third kappa shape index (κ3) is 5.06. The van der Waals surface area contributed by atoms with Crippen LogP contribution in [0.5, 0.6) is 5.88 Å². The Balaban J connectivity index is 1.55. The highest BCUT2D eigenvalue weighted by atomic mass is 35.5. The van der Waals surface area contributed by atoms with Crippen LogP contribution < -0.4 is 10.1 Å². The van der Waals surface area contributed by atoms with Crippen molar-refractivity contribution in [3.63, 3.8) is 0 Å². The van der Waals surface area contributed by atoms with Crippen molar-refractivity contribution in [3.8, 4) is 11.9 Å². The highest BCUT2D eigenvalue weighted by Gasteiger charge is 2.52. The largest absolute Gasteiger partial charge is 0.468 e. The molecule has 2 aromatic rings. The fourth-order valence-electron chi connectivity index (χ4n) is 4.68. The number of hydrogen-bond donors (Lipinski definition) is 1. The Kier molecular flexibility index (Phi) is 6.50.